The molecule has 8 heteroatoms. The zero-order valence-corrected chi connectivity index (χ0v) is 13.2. The van der Waals surface area contributed by atoms with Crippen LogP contribution < -0.4 is 10.6 Å². The van der Waals surface area contributed by atoms with Crippen molar-refractivity contribution in [3.05, 3.63) is 34.9 Å². The number of nitrogens with zero attached hydrogens (tertiary/aromatic N) is 2. The third-order valence-corrected chi connectivity index (χ3v) is 3.81. The van der Waals surface area contributed by atoms with Gasteiger partial charge in [-0.05, 0) is 24.6 Å². The molecule has 1 fully saturated rings. The maximum absolute atomic E-state index is 12.6. The second-order valence-corrected chi connectivity index (χ2v) is 5.65. The minimum absolute atomic E-state index is 0.161. The molecule has 1 aliphatic rings. The van der Waals surface area contributed by atoms with Gasteiger partial charge in [-0.15, -0.1) is 0 Å². The predicted octanol–water partition coefficient (Wildman–Crippen LogP) is 1.14. The Morgan fingerprint density at radius 1 is 1.39 bits per heavy atom. The van der Waals surface area contributed by atoms with E-state index in [1.165, 1.54) is 0 Å². The van der Waals surface area contributed by atoms with Crippen LogP contribution in [0.2, 0.25) is 5.02 Å². The first kappa shape index (κ1) is 16.8. The number of halogens is 1. The van der Waals surface area contributed by atoms with Crippen molar-refractivity contribution < 1.29 is 14.4 Å². The van der Waals surface area contributed by atoms with Gasteiger partial charge in [-0.1, -0.05) is 23.7 Å². The lowest BCUT2D eigenvalue weighted by atomic mass is 9.92. The van der Waals surface area contributed by atoms with Crippen LogP contribution in [-0.4, -0.2) is 35.8 Å². The predicted molar refractivity (Wildman–Crippen MR) is 82.3 cm³/mol. The van der Waals surface area contributed by atoms with Gasteiger partial charge in [-0.2, -0.15) is 5.26 Å². The summed E-state index contributed by atoms with van der Waals surface area (Å²) in [5.41, 5.74) is -0.665. The van der Waals surface area contributed by atoms with Gasteiger partial charge in [-0.3, -0.25) is 14.5 Å². The zero-order chi connectivity index (χ0) is 17.0. The van der Waals surface area contributed by atoms with E-state index in [2.05, 4.69) is 10.6 Å². The van der Waals surface area contributed by atoms with Gasteiger partial charge in [0.2, 0.25) is 5.91 Å². The standard InChI is InChI=1S/C15H15ClN4O3/c1-15(10-3-5-11(16)6-4-10)13(22)20(14(23)19-15)9-12(21)18-8-2-7-17/h3-6H,2,8-9H2,1H3,(H,18,21)(H,19,23). The molecule has 2 rings (SSSR count). The van der Waals surface area contributed by atoms with Gasteiger partial charge in [0.15, 0.2) is 0 Å². The minimum atomic E-state index is -1.24. The number of nitrogens with one attached hydrogen (secondary N) is 2. The molecule has 7 nitrogen and oxygen atoms in total. The second-order valence-electron chi connectivity index (χ2n) is 5.21. The zero-order valence-electron chi connectivity index (χ0n) is 12.4. The lowest BCUT2D eigenvalue weighted by Crippen LogP contribution is -2.43. The van der Waals surface area contributed by atoms with Crippen LogP contribution in [0.25, 0.3) is 0 Å². The normalized spacial score (nSPS) is 20.1. The Balaban J connectivity index is 2.12. The Bertz CT molecular complexity index is 683. The van der Waals surface area contributed by atoms with Crippen LogP contribution in [0.1, 0.15) is 18.9 Å². The Morgan fingerprint density at radius 3 is 2.65 bits per heavy atom. The van der Waals surface area contributed by atoms with E-state index in [0.29, 0.717) is 10.6 Å². The molecule has 1 aliphatic heterocycles. The molecule has 23 heavy (non-hydrogen) atoms. The highest BCUT2D eigenvalue weighted by molar-refractivity contribution is 6.30. The molecule has 1 heterocycles. The number of amides is 4. The third kappa shape index (κ3) is 3.43. The molecule has 1 saturated heterocycles. The molecule has 1 unspecified atom stereocenters. The molecule has 0 bridgehead atoms. The number of rotatable bonds is 5. The molecule has 0 aromatic heterocycles. The molecule has 4 amide bonds. The van der Waals surface area contributed by atoms with Gasteiger partial charge in [-0.25, -0.2) is 4.79 Å². The van der Waals surface area contributed by atoms with E-state index in [1.807, 2.05) is 6.07 Å². The summed E-state index contributed by atoms with van der Waals surface area (Å²) in [6.45, 7) is 1.36. The molecule has 1 aromatic carbocycles. The minimum Gasteiger partial charge on any atom is -0.354 e. The van der Waals surface area contributed by atoms with Crippen LogP contribution in [0.15, 0.2) is 24.3 Å². The van der Waals surface area contributed by atoms with Crippen LogP contribution >= 0.6 is 11.6 Å². The van der Waals surface area contributed by atoms with Crippen LogP contribution in [0.5, 0.6) is 0 Å². The van der Waals surface area contributed by atoms with E-state index in [-0.39, 0.29) is 19.5 Å². The highest BCUT2D eigenvalue weighted by Gasteiger charge is 2.49. The average molecular weight is 335 g/mol. The summed E-state index contributed by atoms with van der Waals surface area (Å²) in [7, 11) is 0. The van der Waals surface area contributed by atoms with Crippen molar-refractivity contribution in [3.63, 3.8) is 0 Å². The molecule has 1 aromatic rings. The van der Waals surface area contributed by atoms with Crippen molar-refractivity contribution in [1.82, 2.24) is 15.5 Å². The number of nitriles is 1. The van der Waals surface area contributed by atoms with Crippen molar-refractivity contribution >= 4 is 29.4 Å². The Morgan fingerprint density at radius 2 is 2.04 bits per heavy atom. The largest absolute Gasteiger partial charge is 0.354 e. The summed E-state index contributed by atoms with van der Waals surface area (Å²) in [4.78, 5) is 37.2. The van der Waals surface area contributed by atoms with E-state index in [1.54, 1.807) is 31.2 Å². The number of imide groups is 1. The van der Waals surface area contributed by atoms with E-state index >= 15 is 0 Å². The van der Waals surface area contributed by atoms with E-state index in [0.717, 1.165) is 4.90 Å². The molecule has 0 saturated carbocycles. The average Bonchev–Trinajstić information content (AvgIpc) is 2.72. The highest BCUT2D eigenvalue weighted by Crippen LogP contribution is 2.29. The first-order valence-corrected chi connectivity index (χ1v) is 7.30. The van der Waals surface area contributed by atoms with E-state index < -0.39 is 23.4 Å². The highest BCUT2D eigenvalue weighted by atomic mass is 35.5. The summed E-state index contributed by atoms with van der Waals surface area (Å²) in [5, 5.41) is 14.0. The molecular weight excluding hydrogens is 320 g/mol. The van der Waals surface area contributed by atoms with Gasteiger partial charge in [0, 0.05) is 11.6 Å². The van der Waals surface area contributed by atoms with Gasteiger partial charge in [0.25, 0.3) is 5.91 Å². The Labute approximate surface area is 138 Å². The summed E-state index contributed by atoms with van der Waals surface area (Å²) < 4.78 is 0. The molecule has 0 radical (unpaired) electrons. The van der Waals surface area contributed by atoms with Crippen molar-refractivity contribution in [2.75, 3.05) is 13.1 Å². The Kier molecular flexibility index (Phi) is 4.86. The molecule has 120 valence electrons. The fraction of sp³-hybridized carbons (Fsp3) is 0.333. The Hall–Kier alpha value is -2.59. The van der Waals surface area contributed by atoms with Crippen LogP contribution in [0.4, 0.5) is 4.79 Å². The van der Waals surface area contributed by atoms with Crippen LogP contribution in [0.3, 0.4) is 0 Å². The van der Waals surface area contributed by atoms with Crippen molar-refractivity contribution in [2.45, 2.75) is 18.9 Å². The number of hydrogen-bond donors (Lipinski definition) is 2. The third-order valence-electron chi connectivity index (χ3n) is 3.56. The number of benzene rings is 1. The smallest absolute Gasteiger partial charge is 0.325 e. The maximum atomic E-state index is 12.6. The van der Waals surface area contributed by atoms with Gasteiger partial charge in [0.05, 0.1) is 12.5 Å². The lowest BCUT2D eigenvalue weighted by Gasteiger charge is -2.22. The van der Waals surface area contributed by atoms with Crippen LogP contribution in [0, 0.1) is 11.3 Å². The van der Waals surface area contributed by atoms with E-state index in [9.17, 15) is 14.4 Å². The van der Waals surface area contributed by atoms with Crippen molar-refractivity contribution in [2.24, 2.45) is 0 Å². The molecular formula is C15H15ClN4O3. The molecule has 0 spiro atoms. The molecule has 0 aliphatic carbocycles. The quantitative estimate of drug-likeness (QED) is 0.622. The topological polar surface area (TPSA) is 102 Å². The number of hydrogen-bond acceptors (Lipinski definition) is 4. The monoisotopic (exact) mass is 334 g/mol. The number of urea groups is 1. The lowest BCUT2D eigenvalue weighted by molar-refractivity contribution is -0.134. The van der Waals surface area contributed by atoms with E-state index in [4.69, 9.17) is 16.9 Å². The summed E-state index contributed by atoms with van der Waals surface area (Å²) in [5.74, 6) is -1.01. The fourth-order valence-electron chi connectivity index (χ4n) is 2.28. The van der Waals surface area contributed by atoms with Crippen LogP contribution in [-0.2, 0) is 15.1 Å². The summed E-state index contributed by atoms with van der Waals surface area (Å²) in [6.07, 6.45) is 0.161. The molecule has 1 atom stereocenters. The summed E-state index contributed by atoms with van der Waals surface area (Å²) in [6, 6.07) is 7.80. The fourth-order valence-corrected chi connectivity index (χ4v) is 2.40. The van der Waals surface area contributed by atoms with Gasteiger partial charge in [0.1, 0.15) is 12.1 Å². The molecule has 2 N–H and O–H groups in total. The van der Waals surface area contributed by atoms with Gasteiger partial charge < -0.3 is 10.6 Å². The maximum Gasteiger partial charge on any atom is 0.325 e. The number of carbonyl (C=O) groups excluding carboxylic acids is 3. The number of carbonyl (C=O) groups is 3. The summed E-state index contributed by atoms with van der Waals surface area (Å²) >= 11 is 5.83. The first-order valence-electron chi connectivity index (χ1n) is 6.92. The van der Waals surface area contributed by atoms with Gasteiger partial charge >= 0.3 is 6.03 Å². The SMILES string of the molecule is CC1(c2ccc(Cl)cc2)NC(=O)N(CC(=O)NCCC#N)C1=O. The van der Waals surface area contributed by atoms with Crippen molar-refractivity contribution in [1.29, 1.82) is 5.26 Å². The second kappa shape index (κ2) is 6.67. The first-order chi connectivity index (χ1) is 10.9. The van der Waals surface area contributed by atoms with Crippen molar-refractivity contribution in [3.8, 4) is 6.07 Å².